The molecule has 0 aromatic rings. The van der Waals surface area contributed by atoms with E-state index in [0.29, 0.717) is 11.8 Å². The zero-order valence-corrected chi connectivity index (χ0v) is 9.82. The number of fused-ring (bicyclic) bond motifs is 2. The Labute approximate surface area is 91.7 Å². The SMILES string of the molecule is CC(=O)OC1CC(C)C2CC=C(C)C1C2. The van der Waals surface area contributed by atoms with Gasteiger partial charge in [-0.15, -0.1) is 0 Å². The summed E-state index contributed by atoms with van der Waals surface area (Å²) in [5, 5.41) is 0. The molecule has 2 heteroatoms. The van der Waals surface area contributed by atoms with Gasteiger partial charge in [0.15, 0.2) is 0 Å². The Hall–Kier alpha value is -0.790. The number of rotatable bonds is 1. The molecular weight excluding hydrogens is 188 g/mol. The molecule has 0 saturated heterocycles. The van der Waals surface area contributed by atoms with Crippen molar-refractivity contribution in [3.8, 4) is 0 Å². The van der Waals surface area contributed by atoms with Crippen LogP contribution in [0.15, 0.2) is 11.6 Å². The molecule has 1 fully saturated rings. The van der Waals surface area contributed by atoms with Crippen LogP contribution in [0.4, 0.5) is 0 Å². The maximum absolute atomic E-state index is 11.0. The van der Waals surface area contributed by atoms with Crippen LogP contribution in [0.25, 0.3) is 0 Å². The van der Waals surface area contributed by atoms with E-state index in [1.165, 1.54) is 25.3 Å². The summed E-state index contributed by atoms with van der Waals surface area (Å²) in [5.74, 6) is 1.85. The lowest BCUT2D eigenvalue weighted by Gasteiger charge is -2.42. The Bertz CT molecular complexity index is 293. The fraction of sp³-hybridized carbons (Fsp3) is 0.769. The molecule has 84 valence electrons. The summed E-state index contributed by atoms with van der Waals surface area (Å²) >= 11 is 0. The third kappa shape index (κ3) is 2.09. The van der Waals surface area contributed by atoms with Crippen molar-refractivity contribution in [1.82, 2.24) is 0 Å². The first-order valence-electron chi connectivity index (χ1n) is 5.91. The molecule has 0 aromatic heterocycles. The quantitative estimate of drug-likeness (QED) is 0.489. The molecule has 15 heavy (non-hydrogen) atoms. The summed E-state index contributed by atoms with van der Waals surface area (Å²) in [4.78, 5) is 11.0. The molecule has 2 rings (SSSR count). The molecule has 0 heterocycles. The lowest BCUT2D eigenvalue weighted by atomic mass is 9.66. The molecule has 0 radical (unpaired) electrons. The fourth-order valence-corrected chi connectivity index (χ4v) is 3.07. The molecular formula is C13H20O2. The highest BCUT2D eigenvalue weighted by Crippen LogP contribution is 2.44. The van der Waals surface area contributed by atoms with Crippen LogP contribution < -0.4 is 0 Å². The number of esters is 1. The maximum atomic E-state index is 11.0. The van der Waals surface area contributed by atoms with Gasteiger partial charge in [-0.25, -0.2) is 0 Å². The summed E-state index contributed by atoms with van der Waals surface area (Å²) in [5.41, 5.74) is 1.42. The zero-order chi connectivity index (χ0) is 11.0. The maximum Gasteiger partial charge on any atom is 0.302 e. The third-order valence-electron chi connectivity index (χ3n) is 4.06. The van der Waals surface area contributed by atoms with Crippen molar-refractivity contribution >= 4 is 5.97 Å². The van der Waals surface area contributed by atoms with Gasteiger partial charge in [0.25, 0.3) is 0 Å². The molecule has 4 atom stereocenters. The predicted molar refractivity (Wildman–Crippen MR) is 59.3 cm³/mol. The zero-order valence-electron chi connectivity index (χ0n) is 9.82. The van der Waals surface area contributed by atoms with Gasteiger partial charge < -0.3 is 4.74 Å². The van der Waals surface area contributed by atoms with Crippen LogP contribution in [-0.4, -0.2) is 12.1 Å². The van der Waals surface area contributed by atoms with Crippen molar-refractivity contribution in [1.29, 1.82) is 0 Å². The van der Waals surface area contributed by atoms with E-state index in [-0.39, 0.29) is 12.1 Å². The normalized spacial score (nSPS) is 39.5. The minimum atomic E-state index is -0.135. The van der Waals surface area contributed by atoms with Crippen LogP contribution in [-0.2, 0) is 9.53 Å². The summed E-state index contributed by atoms with van der Waals surface area (Å²) in [6.45, 7) is 5.97. The Morgan fingerprint density at radius 1 is 1.47 bits per heavy atom. The molecule has 0 amide bonds. The molecule has 0 aliphatic heterocycles. The van der Waals surface area contributed by atoms with Gasteiger partial charge in [0.05, 0.1) is 0 Å². The van der Waals surface area contributed by atoms with E-state index in [1.807, 2.05) is 0 Å². The van der Waals surface area contributed by atoms with Gasteiger partial charge in [-0.1, -0.05) is 18.6 Å². The molecule has 0 aromatic carbocycles. The van der Waals surface area contributed by atoms with Crippen LogP contribution in [0.5, 0.6) is 0 Å². The first-order valence-corrected chi connectivity index (χ1v) is 5.91. The number of hydrogen-bond donors (Lipinski definition) is 0. The van der Waals surface area contributed by atoms with Gasteiger partial charge in [-0.3, -0.25) is 4.79 Å². The van der Waals surface area contributed by atoms with Crippen LogP contribution in [0, 0.1) is 17.8 Å². The standard InChI is InChI=1S/C13H20O2/c1-8-4-5-11-7-12(8)13(6-9(11)2)15-10(3)14/h4,9,11-13H,5-7H2,1-3H3. The molecule has 0 spiro atoms. The van der Waals surface area contributed by atoms with Crippen LogP contribution in [0.3, 0.4) is 0 Å². The van der Waals surface area contributed by atoms with E-state index in [0.717, 1.165) is 12.3 Å². The minimum absolute atomic E-state index is 0.130. The van der Waals surface area contributed by atoms with E-state index in [9.17, 15) is 4.79 Å². The predicted octanol–water partition coefficient (Wildman–Crippen LogP) is 2.93. The van der Waals surface area contributed by atoms with Crippen molar-refractivity contribution < 1.29 is 9.53 Å². The van der Waals surface area contributed by atoms with Gasteiger partial charge in [-0.2, -0.15) is 0 Å². The highest BCUT2D eigenvalue weighted by atomic mass is 16.5. The lowest BCUT2D eigenvalue weighted by molar-refractivity contribution is -0.152. The molecule has 4 unspecified atom stereocenters. The van der Waals surface area contributed by atoms with Gasteiger partial charge in [0.2, 0.25) is 0 Å². The van der Waals surface area contributed by atoms with Crippen molar-refractivity contribution in [3.63, 3.8) is 0 Å². The number of ether oxygens (including phenoxy) is 1. The average Bonchev–Trinajstić information content (AvgIpc) is 2.15. The fourth-order valence-electron chi connectivity index (χ4n) is 3.07. The van der Waals surface area contributed by atoms with Crippen LogP contribution >= 0.6 is 0 Å². The number of carbonyl (C=O) groups is 1. The molecule has 2 aliphatic rings. The van der Waals surface area contributed by atoms with Crippen LogP contribution in [0.1, 0.15) is 40.0 Å². The van der Waals surface area contributed by atoms with E-state index in [1.54, 1.807) is 0 Å². The monoisotopic (exact) mass is 208 g/mol. The topological polar surface area (TPSA) is 26.3 Å². The molecule has 2 nitrogen and oxygen atoms in total. The lowest BCUT2D eigenvalue weighted by Crippen LogP contribution is -2.39. The minimum Gasteiger partial charge on any atom is -0.462 e. The third-order valence-corrected chi connectivity index (χ3v) is 4.06. The Balaban J connectivity index is 2.14. The highest BCUT2D eigenvalue weighted by molar-refractivity contribution is 5.66. The Morgan fingerprint density at radius 3 is 2.87 bits per heavy atom. The van der Waals surface area contributed by atoms with Gasteiger partial charge in [0.1, 0.15) is 6.10 Å². The van der Waals surface area contributed by atoms with Crippen molar-refractivity contribution in [2.24, 2.45) is 17.8 Å². The second-order valence-electron chi connectivity index (χ2n) is 5.15. The van der Waals surface area contributed by atoms with Gasteiger partial charge in [-0.05, 0) is 38.0 Å². The van der Waals surface area contributed by atoms with Crippen molar-refractivity contribution in [2.75, 3.05) is 0 Å². The second-order valence-corrected chi connectivity index (χ2v) is 5.15. The first-order chi connectivity index (χ1) is 7.08. The second kappa shape index (κ2) is 3.99. The van der Waals surface area contributed by atoms with E-state index < -0.39 is 0 Å². The number of allylic oxidation sites excluding steroid dienone is 1. The summed E-state index contributed by atoms with van der Waals surface area (Å²) in [7, 11) is 0. The molecule has 1 saturated carbocycles. The number of hydrogen-bond acceptors (Lipinski definition) is 2. The summed E-state index contributed by atoms with van der Waals surface area (Å²) < 4.78 is 5.44. The highest BCUT2D eigenvalue weighted by Gasteiger charge is 2.39. The van der Waals surface area contributed by atoms with Gasteiger partial charge in [0, 0.05) is 12.8 Å². The van der Waals surface area contributed by atoms with Crippen molar-refractivity contribution in [2.45, 2.75) is 46.1 Å². The Morgan fingerprint density at radius 2 is 2.20 bits per heavy atom. The van der Waals surface area contributed by atoms with Crippen molar-refractivity contribution in [3.05, 3.63) is 11.6 Å². The summed E-state index contributed by atoms with van der Waals surface area (Å²) in [6.07, 6.45) is 5.94. The number of carbonyl (C=O) groups excluding carboxylic acids is 1. The largest absolute Gasteiger partial charge is 0.462 e. The van der Waals surface area contributed by atoms with E-state index >= 15 is 0 Å². The molecule has 2 aliphatic carbocycles. The first kappa shape index (κ1) is 10.7. The van der Waals surface area contributed by atoms with E-state index in [2.05, 4.69) is 19.9 Å². The smallest absolute Gasteiger partial charge is 0.302 e. The summed E-state index contributed by atoms with van der Waals surface area (Å²) in [6, 6.07) is 0. The Kier molecular flexibility index (Phi) is 2.85. The molecule has 2 bridgehead atoms. The van der Waals surface area contributed by atoms with E-state index in [4.69, 9.17) is 4.74 Å². The molecule has 0 N–H and O–H groups in total. The van der Waals surface area contributed by atoms with Gasteiger partial charge >= 0.3 is 5.97 Å². The average molecular weight is 208 g/mol. The van der Waals surface area contributed by atoms with Crippen LogP contribution in [0.2, 0.25) is 0 Å².